The zero-order valence-corrected chi connectivity index (χ0v) is 18.4. The highest BCUT2D eigenvalue weighted by atomic mass is 35.5. The molecular weight excluding hydrogens is 457 g/mol. The van der Waals surface area contributed by atoms with E-state index in [1.807, 2.05) is 0 Å². The molecule has 0 amide bonds. The third-order valence-electron chi connectivity index (χ3n) is 6.59. The Kier molecular flexibility index (Phi) is 4.90. The Morgan fingerprint density at radius 2 is 1.81 bits per heavy atom. The van der Waals surface area contributed by atoms with Gasteiger partial charge in [0.05, 0.1) is 21.9 Å². The minimum atomic E-state index is -0.853. The van der Waals surface area contributed by atoms with E-state index in [1.54, 1.807) is 6.07 Å². The predicted octanol–water partition coefficient (Wildman–Crippen LogP) is 3.07. The van der Waals surface area contributed by atoms with Crippen molar-refractivity contribution < 1.29 is 9.84 Å². The van der Waals surface area contributed by atoms with Gasteiger partial charge in [-0.15, -0.1) is 0 Å². The van der Waals surface area contributed by atoms with Crippen LogP contribution in [0.5, 0.6) is 17.4 Å². The maximum Gasteiger partial charge on any atom is 0.370 e. The number of ether oxygens (including phenoxy) is 1. The third kappa shape index (κ3) is 3.23. The van der Waals surface area contributed by atoms with Gasteiger partial charge >= 0.3 is 5.69 Å². The molecule has 3 fully saturated rings. The summed E-state index contributed by atoms with van der Waals surface area (Å²) >= 11 is 12.8. The van der Waals surface area contributed by atoms with Gasteiger partial charge in [0.25, 0.3) is 5.56 Å². The zero-order chi connectivity index (χ0) is 22.7. The van der Waals surface area contributed by atoms with Gasteiger partial charge in [-0.05, 0) is 54.7 Å². The first-order chi connectivity index (χ1) is 15.2. The molecule has 6 rings (SSSR count). The van der Waals surface area contributed by atoms with Crippen LogP contribution in [0.25, 0.3) is 5.69 Å². The molecule has 2 aromatic heterocycles. The standard InChI is InChI=1S/C21H19Cl2N5O4/c1-9(18-10-2-11(18)3-10)14-6-13(7-25-20(14)30)32-19-15(22)4-12(5-16(19)23)28-21(31)27(24)17(29)8-26-28/h4-11,18H,2-3,24H2,1H3,(H,25,30). The Morgan fingerprint density at radius 1 is 1.16 bits per heavy atom. The van der Waals surface area contributed by atoms with E-state index in [0.29, 0.717) is 16.3 Å². The van der Waals surface area contributed by atoms with Crippen LogP contribution in [-0.4, -0.2) is 24.5 Å². The van der Waals surface area contributed by atoms with Crippen molar-refractivity contribution in [1.29, 1.82) is 0 Å². The third-order valence-corrected chi connectivity index (χ3v) is 7.15. The van der Waals surface area contributed by atoms with E-state index in [2.05, 4.69) is 17.0 Å². The van der Waals surface area contributed by atoms with Crippen LogP contribution in [0, 0.1) is 17.8 Å². The molecule has 0 radical (unpaired) electrons. The van der Waals surface area contributed by atoms with E-state index in [-0.39, 0.29) is 33.3 Å². The van der Waals surface area contributed by atoms with Gasteiger partial charge in [0.1, 0.15) is 11.9 Å². The number of pyridine rings is 1. The van der Waals surface area contributed by atoms with Gasteiger partial charge in [-0.3, -0.25) is 4.79 Å². The fourth-order valence-corrected chi connectivity index (χ4v) is 5.23. The molecule has 0 spiro atoms. The van der Waals surface area contributed by atoms with Crippen LogP contribution in [0.2, 0.25) is 10.0 Å². The van der Waals surface area contributed by atoms with E-state index in [9.17, 15) is 14.7 Å². The summed E-state index contributed by atoms with van der Waals surface area (Å²) in [5.74, 6) is 8.16. The van der Waals surface area contributed by atoms with Crippen LogP contribution < -0.4 is 21.8 Å². The zero-order valence-electron chi connectivity index (χ0n) is 16.9. The number of hydrogen-bond acceptors (Lipinski definition) is 7. The lowest BCUT2D eigenvalue weighted by Gasteiger charge is -2.60. The maximum absolute atomic E-state index is 12.2. The van der Waals surface area contributed by atoms with Gasteiger partial charge in [0.15, 0.2) is 5.75 Å². The largest absolute Gasteiger partial charge is 0.493 e. The molecule has 11 heteroatoms. The molecule has 3 aliphatic carbocycles. The highest BCUT2D eigenvalue weighted by Gasteiger charge is 2.54. The van der Waals surface area contributed by atoms with Gasteiger partial charge in [-0.1, -0.05) is 30.1 Å². The first-order valence-electron chi connectivity index (χ1n) is 10.1. The second-order valence-electron chi connectivity index (χ2n) is 8.33. The number of halogens is 2. The van der Waals surface area contributed by atoms with Crippen molar-refractivity contribution in [2.75, 3.05) is 5.84 Å². The van der Waals surface area contributed by atoms with Gasteiger partial charge in [-0.25, -0.2) is 9.78 Å². The van der Waals surface area contributed by atoms with Crippen molar-refractivity contribution in [1.82, 2.24) is 19.4 Å². The number of aromatic nitrogens is 4. The number of benzene rings is 1. The number of nitrogen functional groups attached to an aromatic ring is 1. The number of rotatable bonds is 5. The summed E-state index contributed by atoms with van der Waals surface area (Å²) in [6.45, 7) is 2.10. The minimum absolute atomic E-state index is 0.00829. The summed E-state index contributed by atoms with van der Waals surface area (Å²) in [4.78, 5) is 27.8. The number of nitrogens with two attached hydrogens (primary N) is 1. The van der Waals surface area contributed by atoms with Crippen LogP contribution in [0.4, 0.5) is 0 Å². The summed E-state index contributed by atoms with van der Waals surface area (Å²) in [6, 6.07) is 4.59. The van der Waals surface area contributed by atoms with Crippen LogP contribution in [0.3, 0.4) is 0 Å². The second-order valence-corrected chi connectivity index (χ2v) is 9.14. The maximum atomic E-state index is 12.2. The smallest absolute Gasteiger partial charge is 0.370 e. The van der Waals surface area contributed by atoms with Crippen molar-refractivity contribution in [2.45, 2.75) is 25.7 Å². The van der Waals surface area contributed by atoms with Crippen molar-refractivity contribution >= 4 is 23.2 Å². The predicted molar refractivity (Wildman–Crippen MR) is 118 cm³/mol. The molecule has 1 unspecified atom stereocenters. The first kappa shape index (κ1) is 20.8. The molecule has 3 N–H and O–H groups in total. The van der Waals surface area contributed by atoms with E-state index >= 15 is 0 Å². The van der Waals surface area contributed by atoms with Crippen molar-refractivity contribution in [3.8, 4) is 23.1 Å². The fourth-order valence-electron chi connectivity index (χ4n) is 4.68. The molecule has 0 aliphatic heterocycles. The molecule has 2 bridgehead atoms. The minimum Gasteiger partial charge on any atom is -0.493 e. The average molecular weight is 476 g/mol. The topological polar surface area (TPSA) is 125 Å². The lowest BCUT2D eigenvalue weighted by Crippen LogP contribution is -2.52. The van der Waals surface area contributed by atoms with Gasteiger partial charge in [0, 0.05) is 5.56 Å². The van der Waals surface area contributed by atoms with E-state index < -0.39 is 11.2 Å². The van der Waals surface area contributed by atoms with Gasteiger partial charge in [-0.2, -0.15) is 14.5 Å². The van der Waals surface area contributed by atoms with Crippen LogP contribution in [0.15, 0.2) is 40.2 Å². The quantitative estimate of drug-likeness (QED) is 0.542. The van der Waals surface area contributed by atoms with Crippen LogP contribution >= 0.6 is 23.2 Å². The monoisotopic (exact) mass is 475 g/mol. The number of aromatic hydroxyl groups is 1. The van der Waals surface area contributed by atoms with Crippen molar-refractivity contribution in [2.24, 2.45) is 17.8 Å². The summed E-state index contributed by atoms with van der Waals surface area (Å²) in [5.41, 5.74) is -0.660. The summed E-state index contributed by atoms with van der Waals surface area (Å²) in [7, 11) is 0. The molecule has 166 valence electrons. The van der Waals surface area contributed by atoms with Gasteiger partial charge < -0.3 is 15.7 Å². The molecule has 3 saturated carbocycles. The molecule has 3 aromatic rings. The molecular formula is C21H19Cl2N5O4. The highest BCUT2D eigenvalue weighted by Crippen LogP contribution is 2.63. The molecule has 0 saturated heterocycles. The Hall–Kier alpha value is -3.04. The Balaban J connectivity index is 1.45. The first-order valence-corrected chi connectivity index (χ1v) is 10.8. The Labute approximate surface area is 192 Å². The normalized spacial score (nSPS) is 22.0. The molecule has 32 heavy (non-hydrogen) atoms. The summed E-state index contributed by atoms with van der Waals surface area (Å²) < 4.78 is 7.22. The summed E-state index contributed by atoms with van der Waals surface area (Å²) in [5, 5.41) is 14.3. The lowest BCUT2D eigenvalue weighted by atomic mass is 9.44. The van der Waals surface area contributed by atoms with E-state index in [4.69, 9.17) is 33.8 Å². The van der Waals surface area contributed by atoms with Crippen LogP contribution in [0.1, 0.15) is 31.2 Å². The number of nitrogens with zero attached hydrogens (tertiary/aromatic N) is 4. The van der Waals surface area contributed by atoms with Gasteiger partial charge in [0.2, 0.25) is 5.88 Å². The Morgan fingerprint density at radius 3 is 2.41 bits per heavy atom. The summed E-state index contributed by atoms with van der Waals surface area (Å²) in [6.07, 6.45) is 4.85. The highest BCUT2D eigenvalue weighted by molar-refractivity contribution is 6.37. The Bertz CT molecular complexity index is 1320. The SMILES string of the molecule is CC(c1cc(Oc2c(Cl)cc(-n3ncc(=O)n(N)c3=O)cc2Cl)cnc1O)C1C2CC1C2. The average Bonchev–Trinajstić information content (AvgIpc) is 2.67. The second kappa shape index (κ2) is 7.53. The molecule has 9 nitrogen and oxygen atoms in total. The molecule has 1 atom stereocenters. The fraction of sp³-hybridized carbons (Fsp3) is 0.333. The van der Waals surface area contributed by atoms with Crippen molar-refractivity contribution in [3.05, 3.63) is 67.0 Å². The molecule has 1 aromatic carbocycles. The number of hydrogen-bond donors (Lipinski definition) is 2. The molecule has 3 aliphatic rings. The van der Waals surface area contributed by atoms with Crippen LogP contribution in [-0.2, 0) is 0 Å². The van der Waals surface area contributed by atoms with E-state index in [1.165, 1.54) is 31.2 Å². The molecule has 2 heterocycles. The van der Waals surface area contributed by atoms with Crippen molar-refractivity contribution in [3.63, 3.8) is 0 Å². The van der Waals surface area contributed by atoms with E-state index in [0.717, 1.165) is 28.3 Å². The lowest BCUT2D eigenvalue weighted by molar-refractivity contribution is -0.0940.